The van der Waals surface area contributed by atoms with Gasteiger partial charge in [0.25, 0.3) is 11.8 Å². The van der Waals surface area contributed by atoms with Crippen LogP contribution in [0.15, 0.2) is 24.3 Å². The maximum Gasteiger partial charge on any atom is 0.276 e. The number of hydrazine groups is 1. The van der Waals surface area contributed by atoms with Gasteiger partial charge >= 0.3 is 0 Å². The van der Waals surface area contributed by atoms with E-state index in [1.807, 2.05) is 32.7 Å². The van der Waals surface area contributed by atoms with Gasteiger partial charge in [-0.2, -0.15) is 5.01 Å². The molecule has 2 heterocycles. The van der Waals surface area contributed by atoms with Gasteiger partial charge in [-0.05, 0) is 39.8 Å². The van der Waals surface area contributed by atoms with Crippen LogP contribution < -0.4 is 0 Å². The number of rotatable bonds is 1. The lowest BCUT2D eigenvalue weighted by Gasteiger charge is -2.18. The van der Waals surface area contributed by atoms with Crippen molar-refractivity contribution in [3.05, 3.63) is 35.4 Å². The second kappa shape index (κ2) is 3.01. The topological polar surface area (TPSA) is 40.4 Å². The molecule has 1 aromatic carbocycles. The fourth-order valence-electron chi connectivity index (χ4n) is 2.75. The summed E-state index contributed by atoms with van der Waals surface area (Å²) in [4.78, 5) is 24.7. The Morgan fingerprint density at radius 2 is 1.22 bits per heavy atom. The average molecular weight is 244 g/mol. The van der Waals surface area contributed by atoms with Crippen molar-refractivity contribution in [3.63, 3.8) is 0 Å². The van der Waals surface area contributed by atoms with Gasteiger partial charge in [0.1, 0.15) is 0 Å². The Balaban J connectivity index is 2.05. The number of amides is 2. The number of hydrogen-bond acceptors (Lipinski definition) is 3. The number of carbonyl (C=O) groups excluding carboxylic acids is 2. The first-order chi connectivity index (χ1) is 8.30. The Kier molecular flexibility index (Phi) is 1.91. The van der Waals surface area contributed by atoms with Crippen molar-refractivity contribution in [3.8, 4) is 0 Å². The predicted octanol–water partition coefficient (Wildman–Crippen LogP) is 2.07. The largest absolute Gasteiger partial charge is 0.276 e. The zero-order valence-electron chi connectivity index (χ0n) is 11.0. The van der Waals surface area contributed by atoms with Crippen molar-refractivity contribution in [2.45, 2.75) is 38.8 Å². The molecule has 1 aromatic rings. The minimum atomic E-state index is -0.214. The number of imide groups is 1. The maximum absolute atomic E-state index is 12.3. The Labute approximate surface area is 106 Å². The highest BCUT2D eigenvalue weighted by atomic mass is 16.2. The maximum atomic E-state index is 12.3. The minimum absolute atomic E-state index is 0.180. The van der Waals surface area contributed by atoms with Crippen LogP contribution in [0, 0.1) is 0 Å². The van der Waals surface area contributed by atoms with E-state index in [4.69, 9.17) is 0 Å². The standard InChI is InChI=1S/C14H16N2O2/c1-13(2)14(3,4)16(13)15-11(17)9-7-5-6-8-10(9)12(15)18/h5-8H,1-4H3. The average Bonchev–Trinajstić information content (AvgIpc) is 2.59. The van der Waals surface area contributed by atoms with Crippen molar-refractivity contribution in [1.29, 1.82) is 0 Å². The van der Waals surface area contributed by atoms with Crippen LogP contribution in [0.5, 0.6) is 0 Å². The predicted molar refractivity (Wildman–Crippen MR) is 66.9 cm³/mol. The van der Waals surface area contributed by atoms with E-state index in [0.717, 1.165) is 0 Å². The van der Waals surface area contributed by atoms with Crippen LogP contribution in [0.1, 0.15) is 48.4 Å². The second-order valence-corrected chi connectivity index (χ2v) is 5.90. The second-order valence-electron chi connectivity index (χ2n) is 5.90. The Morgan fingerprint density at radius 1 is 0.833 bits per heavy atom. The van der Waals surface area contributed by atoms with Crippen LogP contribution in [-0.4, -0.2) is 32.9 Å². The van der Waals surface area contributed by atoms with E-state index < -0.39 is 0 Å². The van der Waals surface area contributed by atoms with E-state index in [1.165, 1.54) is 5.01 Å². The summed E-state index contributed by atoms with van der Waals surface area (Å²) in [5.41, 5.74) is 0.641. The lowest BCUT2D eigenvalue weighted by atomic mass is 10.0. The number of fused-ring (bicyclic) bond motifs is 1. The van der Waals surface area contributed by atoms with Crippen molar-refractivity contribution < 1.29 is 9.59 Å². The van der Waals surface area contributed by atoms with E-state index in [2.05, 4.69) is 0 Å². The lowest BCUT2D eigenvalue weighted by Crippen LogP contribution is -2.39. The van der Waals surface area contributed by atoms with Crippen molar-refractivity contribution >= 4 is 11.8 Å². The first-order valence-corrected chi connectivity index (χ1v) is 6.08. The Bertz CT molecular complexity index is 526. The van der Waals surface area contributed by atoms with Crippen LogP contribution in [0.4, 0.5) is 0 Å². The van der Waals surface area contributed by atoms with Crippen LogP contribution >= 0.6 is 0 Å². The highest BCUT2D eigenvalue weighted by molar-refractivity contribution is 6.21. The van der Waals surface area contributed by atoms with Crippen molar-refractivity contribution in [2.75, 3.05) is 0 Å². The summed E-state index contributed by atoms with van der Waals surface area (Å²) in [5.74, 6) is -0.427. The molecule has 1 saturated heterocycles. The SMILES string of the molecule is CC1(C)N(N2C(=O)c3ccccc3C2=O)C1(C)C. The molecule has 2 amide bonds. The molecule has 1 fully saturated rings. The van der Waals surface area contributed by atoms with E-state index in [-0.39, 0.29) is 22.9 Å². The van der Waals surface area contributed by atoms with Gasteiger partial charge in [0.15, 0.2) is 0 Å². The third-order valence-electron chi connectivity index (χ3n) is 4.48. The minimum Gasteiger partial charge on any atom is -0.267 e. The zero-order valence-corrected chi connectivity index (χ0v) is 11.0. The van der Waals surface area contributed by atoms with Gasteiger partial charge in [-0.3, -0.25) is 9.59 Å². The molecule has 3 rings (SSSR count). The smallest absolute Gasteiger partial charge is 0.267 e. The zero-order chi connectivity index (χ0) is 13.3. The van der Waals surface area contributed by atoms with Gasteiger partial charge in [0.05, 0.1) is 22.2 Å². The first-order valence-electron chi connectivity index (χ1n) is 6.08. The summed E-state index contributed by atoms with van der Waals surface area (Å²) in [6, 6.07) is 6.98. The molecule has 0 spiro atoms. The molecule has 0 bridgehead atoms. The van der Waals surface area contributed by atoms with Crippen LogP contribution in [0.3, 0.4) is 0 Å². The van der Waals surface area contributed by atoms with E-state index in [9.17, 15) is 9.59 Å². The molecule has 0 aliphatic carbocycles. The first kappa shape index (κ1) is 11.4. The Morgan fingerprint density at radius 3 is 1.56 bits per heavy atom. The molecule has 0 aromatic heterocycles. The van der Waals surface area contributed by atoms with Gasteiger partial charge in [0.2, 0.25) is 0 Å². The number of nitrogens with zero attached hydrogens (tertiary/aromatic N) is 2. The monoisotopic (exact) mass is 244 g/mol. The van der Waals surface area contributed by atoms with Crippen LogP contribution in [0.25, 0.3) is 0 Å². The summed E-state index contributed by atoms with van der Waals surface area (Å²) in [7, 11) is 0. The molecule has 18 heavy (non-hydrogen) atoms. The normalized spacial score (nSPS) is 24.3. The molecule has 2 aliphatic heterocycles. The molecule has 0 radical (unpaired) electrons. The number of carbonyl (C=O) groups is 2. The molecule has 0 unspecified atom stereocenters. The van der Waals surface area contributed by atoms with Crippen molar-refractivity contribution in [2.24, 2.45) is 0 Å². The third-order valence-corrected chi connectivity index (χ3v) is 4.48. The molecule has 0 saturated carbocycles. The molecular formula is C14H16N2O2. The van der Waals surface area contributed by atoms with E-state index in [1.54, 1.807) is 24.3 Å². The van der Waals surface area contributed by atoms with Gasteiger partial charge in [-0.15, -0.1) is 0 Å². The molecule has 0 atom stereocenters. The summed E-state index contributed by atoms with van der Waals surface area (Å²) >= 11 is 0. The molecule has 0 N–H and O–H groups in total. The highest BCUT2D eigenvalue weighted by Crippen LogP contribution is 2.53. The fraction of sp³-hybridized carbons (Fsp3) is 0.429. The molecule has 94 valence electrons. The lowest BCUT2D eigenvalue weighted by molar-refractivity contribution is 0.0275. The summed E-state index contributed by atoms with van der Waals surface area (Å²) in [5, 5.41) is 3.16. The van der Waals surface area contributed by atoms with Gasteiger partial charge in [-0.1, -0.05) is 12.1 Å². The molecule has 4 heteroatoms. The summed E-state index contributed by atoms with van der Waals surface area (Å²) in [6.07, 6.45) is 0. The van der Waals surface area contributed by atoms with E-state index in [0.29, 0.717) is 11.1 Å². The number of hydrogen-bond donors (Lipinski definition) is 0. The summed E-state index contributed by atoms with van der Waals surface area (Å²) in [6.45, 7) is 8.15. The van der Waals surface area contributed by atoms with Crippen LogP contribution in [0.2, 0.25) is 0 Å². The number of benzene rings is 1. The summed E-state index contributed by atoms with van der Waals surface area (Å²) < 4.78 is 0. The van der Waals surface area contributed by atoms with Crippen molar-refractivity contribution in [1.82, 2.24) is 10.0 Å². The Hall–Kier alpha value is -1.68. The quantitative estimate of drug-likeness (QED) is 0.561. The highest BCUT2D eigenvalue weighted by Gasteiger charge is 2.68. The van der Waals surface area contributed by atoms with Crippen LogP contribution in [-0.2, 0) is 0 Å². The molecule has 2 aliphatic rings. The fourth-order valence-corrected chi connectivity index (χ4v) is 2.75. The van der Waals surface area contributed by atoms with E-state index >= 15 is 0 Å². The van der Waals surface area contributed by atoms with Gasteiger partial charge in [0, 0.05) is 0 Å². The third kappa shape index (κ3) is 1.09. The molecular weight excluding hydrogens is 228 g/mol. The molecule has 4 nitrogen and oxygen atoms in total. The van der Waals surface area contributed by atoms with Gasteiger partial charge < -0.3 is 0 Å². The van der Waals surface area contributed by atoms with Gasteiger partial charge in [-0.25, -0.2) is 5.01 Å².